The van der Waals surface area contributed by atoms with E-state index < -0.39 is 12.0 Å². The Bertz CT molecular complexity index is 459. The van der Waals surface area contributed by atoms with Gasteiger partial charge in [0.1, 0.15) is 5.75 Å². The molecule has 0 aliphatic carbocycles. The van der Waals surface area contributed by atoms with Crippen molar-refractivity contribution in [1.29, 1.82) is 0 Å². The predicted octanol–water partition coefficient (Wildman–Crippen LogP) is 0.585. The van der Waals surface area contributed by atoms with Crippen LogP contribution >= 0.6 is 0 Å². The van der Waals surface area contributed by atoms with E-state index >= 15 is 0 Å². The van der Waals surface area contributed by atoms with Crippen LogP contribution in [-0.4, -0.2) is 46.1 Å². The topological polar surface area (TPSA) is 104 Å². The highest BCUT2D eigenvalue weighted by Crippen LogP contribution is 2.11. The Kier molecular flexibility index (Phi) is 5.99. The molecule has 0 fully saturated rings. The van der Waals surface area contributed by atoms with E-state index in [1.54, 1.807) is 19.1 Å². The van der Waals surface area contributed by atoms with Crippen molar-refractivity contribution in [2.24, 2.45) is 5.73 Å². The third kappa shape index (κ3) is 4.89. The fourth-order valence-electron chi connectivity index (χ4n) is 1.86. The summed E-state index contributed by atoms with van der Waals surface area (Å²) in [6.45, 7) is 2.37. The third-order valence-electron chi connectivity index (χ3n) is 3.00. The third-order valence-corrected chi connectivity index (χ3v) is 3.00. The van der Waals surface area contributed by atoms with Crippen LogP contribution in [0, 0.1) is 0 Å². The average molecular weight is 280 g/mol. The van der Waals surface area contributed by atoms with E-state index in [0.29, 0.717) is 13.0 Å². The van der Waals surface area contributed by atoms with E-state index in [2.05, 4.69) is 0 Å². The molecule has 6 heteroatoms. The number of carboxylic acids is 1. The van der Waals surface area contributed by atoms with E-state index in [4.69, 9.17) is 10.8 Å². The van der Waals surface area contributed by atoms with Gasteiger partial charge in [-0.1, -0.05) is 12.1 Å². The maximum atomic E-state index is 12.1. The van der Waals surface area contributed by atoms with Gasteiger partial charge in [0.2, 0.25) is 5.91 Å². The molecule has 0 aliphatic rings. The molecule has 6 nitrogen and oxygen atoms in total. The molecule has 0 heterocycles. The van der Waals surface area contributed by atoms with Crippen molar-refractivity contribution in [2.45, 2.75) is 25.8 Å². The molecular formula is C14H20N2O4. The summed E-state index contributed by atoms with van der Waals surface area (Å²) in [4.78, 5) is 24.1. The first kappa shape index (κ1) is 16.0. The second-order valence-corrected chi connectivity index (χ2v) is 4.54. The molecule has 4 N–H and O–H groups in total. The molecular weight excluding hydrogens is 260 g/mol. The van der Waals surface area contributed by atoms with Gasteiger partial charge in [-0.15, -0.1) is 0 Å². The number of nitrogens with zero attached hydrogens (tertiary/aromatic N) is 1. The quantitative estimate of drug-likeness (QED) is 0.678. The average Bonchev–Trinajstić information content (AvgIpc) is 2.41. The number of rotatable bonds is 7. The minimum Gasteiger partial charge on any atom is -0.508 e. The van der Waals surface area contributed by atoms with Gasteiger partial charge in [-0.05, 0) is 31.0 Å². The van der Waals surface area contributed by atoms with Crippen molar-refractivity contribution in [3.05, 3.63) is 29.8 Å². The summed E-state index contributed by atoms with van der Waals surface area (Å²) >= 11 is 0. The van der Waals surface area contributed by atoms with Gasteiger partial charge >= 0.3 is 5.97 Å². The Labute approximate surface area is 117 Å². The number of carbonyl (C=O) groups is 2. The lowest BCUT2D eigenvalue weighted by atomic mass is 10.1. The molecule has 0 aliphatic heterocycles. The Morgan fingerprint density at radius 2 is 1.90 bits per heavy atom. The zero-order valence-electron chi connectivity index (χ0n) is 11.5. The van der Waals surface area contributed by atoms with Crippen LogP contribution in [0.1, 0.15) is 18.9 Å². The molecule has 1 rings (SSSR count). The highest BCUT2D eigenvalue weighted by Gasteiger charge is 2.20. The second kappa shape index (κ2) is 7.49. The minimum absolute atomic E-state index is 0.0918. The largest absolute Gasteiger partial charge is 0.508 e. The first-order chi connectivity index (χ1) is 9.43. The molecule has 0 bridgehead atoms. The molecule has 20 heavy (non-hydrogen) atoms. The number of carboxylic acid groups (broad SMARTS) is 1. The van der Waals surface area contributed by atoms with Crippen LogP contribution in [0.25, 0.3) is 0 Å². The van der Waals surface area contributed by atoms with Crippen molar-refractivity contribution in [1.82, 2.24) is 4.90 Å². The molecule has 0 saturated carbocycles. The van der Waals surface area contributed by atoms with Gasteiger partial charge in [-0.3, -0.25) is 9.59 Å². The lowest BCUT2D eigenvalue weighted by Crippen LogP contribution is -2.45. The molecule has 0 spiro atoms. The fourth-order valence-corrected chi connectivity index (χ4v) is 1.86. The van der Waals surface area contributed by atoms with Crippen LogP contribution < -0.4 is 5.73 Å². The molecule has 1 atom stereocenters. The van der Waals surface area contributed by atoms with E-state index in [1.165, 1.54) is 17.0 Å². The number of amides is 1. The number of phenolic OH excluding ortho intramolecular Hbond substituents is 1. The summed E-state index contributed by atoms with van der Waals surface area (Å²) in [7, 11) is 0. The van der Waals surface area contributed by atoms with Gasteiger partial charge in [-0.2, -0.15) is 0 Å². The highest BCUT2D eigenvalue weighted by atomic mass is 16.4. The van der Waals surface area contributed by atoms with Crippen LogP contribution in [0.3, 0.4) is 0 Å². The second-order valence-electron chi connectivity index (χ2n) is 4.54. The van der Waals surface area contributed by atoms with Gasteiger partial charge in [0, 0.05) is 13.1 Å². The van der Waals surface area contributed by atoms with Gasteiger partial charge < -0.3 is 20.8 Å². The van der Waals surface area contributed by atoms with Gasteiger partial charge in [0.05, 0.1) is 12.5 Å². The molecule has 0 radical (unpaired) electrons. The van der Waals surface area contributed by atoms with Gasteiger partial charge in [0.25, 0.3) is 0 Å². The Morgan fingerprint density at radius 1 is 1.30 bits per heavy atom. The number of nitrogens with two attached hydrogens (primary N) is 1. The fraction of sp³-hybridized carbons (Fsp3) is 0.429. The van der Waals surface area contributed by atoms with Crippen LogP contribution in [0.5, 0.6) is 5.75 Å². The number of hydrogen-bond donors (Lipinski definition) is 3. The van der Waals surface area contributed by atoms with Crippen LogP contribution in [0.15, 0.2) is 24.3 Å². The maximum Gasteiger partial charge on any atom is 0.305 e. The monoisotopic (exact) mass is 280 g/mol. The number of aromatic hydroxyl groups is 1. The predicted molar refractivity (Wildman–Crippen MR) is 74.3 cm³/mol. The van der Waals surface area contributed by atoms with Crippen molar-refractivity contribution in [3.63, 3.8) is 0 Å². The summed E-state index contributed by atoms with van der Waals surface area (Å²) in [5.74, 6) is -1.05. The molecule has 1 unspecified atom stereocenters. The van der Waals surface area contributed by atoms with Crippen molar-refractivity contribution >= 4 is 11.9 Å². The molecule has 1 aromatic carbocycles. The molecule has 110 valence electrons. The van der Waals surface area contributed by atoms with Crippen LogP contribution in [0.4, 0.5) is 0 Å². The number of benzene rings is 1. The maximum absolute atomic E-state index is 12.1. The number of aliphatic carboxylic acids is 1. The molecule has 0 saturated heterocycles. The van der Waals surface area contributed by atoms with Crippen molar-refractivity contribution < 1.29 is 19.8 Å². The summed E-state index contributed by atoms with van der Waals surface area (Å²) in [5, 5.41) is 17.8. The van der Waals surface area contributed by atoms with Gasteiger partial charge in [0.15, 0.2) is 0 Å². The Morgan fingerprint density at radius 3 is 2.40 bits per heavy atom. The van der Waals surface area contributed by atoms with E-state index in [0.717, 1.165) is 5.56 Å². The van der Waals surface area contributed by atoms with E-state index in [9.17, 15) is 14.7 Å². The SMILES string of the molecule is CCN(CCC(=O)O)C(=O)C(N)Cc1ccc(O)cc1. The minimum atomic E-state index is -0.941. The Balaban J connectivity index is 2.59. The number of hydrogen-bond acceptors (Lipinski definition) is 4. The van der Waals surface area contributed by atoms with E-state index in [1.807, 2.05) is 0 Å². The van der Waals surface area contributed by atoms with E-state index in [-0.39, 0.29) is 24.6 Å². The smallest absolute Gasteiger partial charge is 0.305 e. The normalized spacial score (nSPS) is 11.9. The summed E-state index contributed by atoms with van der Waals surface area (Å²) in [5.41, 5.74) is 6.71. The van der Waals surface area contributed by atoms with Crippen molar-refractivity contribution in [3.8, 4) is 5.75 Å². The number of phenols is 1. The van der Waals surface area contributed by atoms with Crippen LogP contribution in [-0.2, 0) is 16.0 Å². The molecule has 0 aromatic heterocycles. The first-order valence-electron chi connectivity index (χ1n) is 6.48. The summed E-state index contributed by atoms with van der Waals surface area (Å²) in [6.07, 6.45) is 0.258. The lowest BCUT2D eigenvalue weighted by Gasteiger charge is -2.23. The molecule has 1 amide bonds. The summed E-state index contributed by atoms with van der Waals surface area (Å²) in [6, 6.07) is 5.77. The van der Waals surface area contributed by atoms with Gasteiger partial charge in [-0.25, -0.2) is 0 Å². The molecule has 1 aromatic rings. The first-order valence-corrected chi connectivity index (χ1v) is 6.48. The Hall–Kier alpha value is -2.08. The number of carbonyl (C=O) groups excluding carboxylic acids is 1. The highest BCUT2D eigenvalue weighted by molar-refractivity contribution is 5.82. The zero-order valence-corrected chi connectivity index (χ0v) is 11.5. The number of likely N-dealkylation sites (N-methyl/N-ethyl adjacent to an activating group) is 1. The zero-order chi connectivity index (χ0) is 15.1. The van der Waals surface area contributed by atoms with Crippen molar-refractivity contribution in [2.75, 3.05) is 13.1 Å². The van der Waals surface area contributed by atoms with Crippen LogP contribution in [0.2, 0.25) is 0 Å². The standard InChI is InChI=1S/C14H20N2O4/c1-2-16(8-7-13(18)19)14(20)12(15)9-10-3-5-11(17)6-4-10/h3-6,12,17H,2,7-9,15H2,1H3,(H,18,19). The summed E-state index contributed by atoms with van der Waals surface area (Å²) < 4.78 is 0. The lowest BCUT2D eigenvalue weighted by molar-refractivity contribution is -0.138.